The lowest BCUT2D eigenvalue weighted by atomic mass is 10.4. The first kappa shape index (κ1) is 6.44. The van der Waals surface area contributed by atoms with Crippen LogP contribution in [-0.2, 0) is 0 Å². The van der Waals surface area contributed by atoms with Crippen LogP contribution in [0.25, 0.3) is 0 Å². The molecule has 0 spiro atoms. The number of hydrogen-bond acceptors (Lipinski definition) is 4. The number of nitrogens with one attached hydrogen (secondary N) is 2. The van der Waals surface area contributed by atoms with E-state index in [0.717, 1.165) is 19.5 Å². The van der Waals surface area contributed by atoms with Gasteiger partial charge in [0.25, 0.3) is 0 Å². The maximum absolute atomic E-state index is 10.0. The minimum absolute atomic E-state index is 0.362. The van der Waals surface area contributed by atoms with E-state index in [1.165, 1.54) is 0 Å². The predicted octanol–water partition coefficient (Wildman–Crippen LogP) is -0.870. The van der Waals surface area contributed by atoms with Crippen molar-refractivity contribution in [3.8, 4) is 0 Å². The third-order valence-electron chi connectivity index (χ3n) is 1.24. The van der Waals surface area contributed by atoms with Crippen molar-refractivity contribution in [2.75, 3.05) is 13.1 Å². The molecular weight excluding hydrogens is 122 g/mol. The summed E-state index contributed by atoms with van der Waals surface area (Å²) in [5.74, 6) is 0. The Balaban J connectivity index is 2.31. The molecule has 2 N–H and O–H groups in total. The second-order valence-corrected chi connectivity index (χ2v) is 1.95. The van der Waals surface area contributed by atoms with Crippen molar-refractivity contribution in [1.82, 2.24) is 10.6 Å². The minimum Gasteiger partial charge on any atom is -0.262 e. The lowest BCUT2D eigenvalue weighted by Gasteiger charge is -2.17. The Morgan fingerprint density at radius 1 is 1.44 bits per heavy atom. The minimum atomic E-state index is -0.723. The van der Waals surface area contributed by atoms with Crippen LogP contribution in [0.2, 0.25) is 0 Å². The van der Waals surface area contributed by atoms with E-state index in [1.807, 2.05) is 0 Å². The average molecular weight is 131 g/mol. The largest absolute Gasteiger partial charge is 0.323 e. The lowest BCUT2D eigenvalue weighted by Crippen LogP contribution is -2.52. The van der Waals surface area contributed by atoms with E-state index in [1.54, 1.807) is 0 Å². The van der Waals surface area contributed by atoms with Crippen molar-refractivity contribution < 1.29 is 4.92 Å². The summed E-state index contributed by atoms with van der Waals surface area (Å²) < 4.78 is 0. The normalized spacial score (nSPS) is 21.8. The highest BCUT2D eigenvalue weighted by Crippen LogP contribution is 1.87. The molecule has 1 saturated heterocycles. The fourth-order valence-electron chi connectivity index (χ4n) is 0.787. The number of hydrogen-bond donors (Lipinski definition) is 2. The molecule has 1 aliphatic heterocycles. The summed E-state index contributed by atoms with van der Waals surface area (Å²) in [5.41, 5.74) is 0. The van der Waals surface area contributed by atoms with Gasteiger partial charge in [-0.2, -0.15) is 0 Å². The number of nitrogens with zero attached hydrogens (tertiary/aromatic N) is 1. The number of rotatable bonds is 1. The maximum atomic E-state index is 10.0. The van der Waals surface area contributed by atoms with Crippen LogP contribution in [0.1, 0.15) is 6.42 Å². The van der Waals surface area contributed by atoms with Crippen molar-refractivity contribution in [3.05, 3.63) is 10.1 Å². The standard InChI is InChI=1S/C4H9N3O2/c8-7(9)4-5-2-1-3-6-4/h4-6H,1-3H2. The molecule has 0 amide bonds. The van der Waals surface area contributed by atoms with E-state index in [0.29, 0.717) is 0 Å². The first-order valence-corrected chi connectivity index (χ1v) is 2.91. The molecule has 5 nitrogen and oxygen atoms in total. The molecule has 5 heteroatoms. The van der Waals surface area contributed by atoms with Crippen LogP contribution in [0.5, 0.6) is 0 Å². The zero-order chi connectivity index (χ0) is 6.69. The molecule has 52 valence electrons. The Hall–Kier alpha value is -0.680. The molecule has 0 aromatic carbocycles. The molecule has 1 aliphatic rings. The molecule has 0 radical (unpaired) electrons. The molecule has 0 saturated carbocycles. The van der Waals surface area contributed by atoms with Gasteiger partial charge in [-0.3, -0.25) is 10.1 Å². The maximum Gasteiger partial charge on any atom is 0.323 e. The highest BCUT2D eigenvalue weighted by atomic mass is 16.6. The van der Waals surface area contributed by atoms with Gasteiger partial charge in [0.05, 0.1) is 4.92 Å². The van der Waals surface area contributed by atoms with Gasteiger partial charge in [0, 0.05) is 13.1 Å². The van der Waals surface area contributed by atoms with Crippen LogP contribution < -0.4 is 10.6 Å². The summed E-state index contributed by atoms with van der Waals surface area (Å²) in [6.45, 7) is 1.47. The summed E-state index contributed by atoms with van der Waals surface area (Å²) in [6.07, 6.45) is 0.239. The Morgan fingerprint density at radius 2 is 2.00 bits per heavy atom. The fourth-order valence-corrected chi connectivity index (χ4v) is 0.787. The van der Waals surface area contributed by atoms with Crippen molar-refractivity contribution in [2.24, 2.45) is 0 Å². The first-order chi connectivity index (χ1) is 4.30. The van der Waals surface area contributed by atoms with Gasteiger partial charge in [-0.25, -0.2) is 10.6 Å². The zero-order valence-corrected chi connectivity index (χ0v) is 4.96. The highest BCUT2D eigenvalue weighted by molar-refractivity contribution is 4.60. The van der Waals surface area contributed by atoms with Crippen LogP contribution >= 0.6 is 0 Å². The first-order valence-electron chi connectivity index (χ1n) is 2.91. The van der Waals surface area contributed by atoms with Crippen LogP contribution in [0.15, 0.2) is 0 Å². The van der Waals surface area contributed by atoms with E-state index in [4.69, 9.17) is 0 Å². The Labute approximate surface area is 52.6 Å². The molecule has 1 heterocycles. The van der Waals surface area contributed by atoms with E-state index < -0.39 is 6.29 Å². The van der Waals surface area contributed by atoms with Crippen LogP contribution in [0.3, 0.4) is 0 Å². The SMILES string of the molecule is O=[N+]([O-])C1NCCCN1. The molecule has 1 rings (SSSR count). The highest BCUT2D eigenvalue weighted by Gasteiger charge is 2.19. The smallest absolute Gasteiger partial charge is 0.262 e. The molecule has 9 heavy (non-hydrogen) atoms. The van der Waals surface area contributed by atoms with Gasteiger partial charge in [-0.05, 0) is 6.42 Å². The van der Waals surface area contributed by atoms with E-state index >= 15 is 0 Å². The third kappa shape index (κ3) is 1.62. The van der Waals surface area contributed by atoms with Crippen molar-refractivity contribution in [1.29, 1.82) is 0 Å². The van der Waals surface area contributed by atoms with Gasteiger partial charge in [0.2, 0.25) is 0 Å². The van der Waals surface area contributed by atoms with Gasteiger partial charge in [0.15, 0.2) is 0 Å². The predicted molar refractivity (Wildman–Crippen MR) is 31.4 cm³/mol. The topological polar surface area (TPSA) is 67.2 Å². The summed E-state index contributed by atoms with van der Waals surface area (Å²) in [6, 6.07) is 0. The second kappa shape index (κ2) is 2.75. The van der Waals surface area contributed by atoms with Crippen LogP contribution in [0, 0.1) is 10.1 Å². The third-order valence-corrected chi connectivity index (χ3v) is 1.24. The summed E-state index contributed by atoms with van der Waals surface area (Å²) in [5, 5.41) is 15.5. The lowest BCUT2D eigenvalue weighted by molar-refractivity contribution is -0.538. The quantitative estimate of drug-likeness (QED) is 0.358. The van der Waals surface area contributed by atoms with Gasteiger partial charge >= 0.3 is 6.29 Å². The van der Waals surface area contributed by atoms with E-state index in [9.17, 15) is 10.1 Å². The molecular formula is C4H9N3O2. The Bertz CT molecular complexity index is 110. The van der Waals surface area contributed by atoms with E-state index in [2.05, 4.69) is 10.6 Å². The molecule has 0 aliphatic carbocycles. The van der Waals surface area contributed by atoms with Crippen molar-refractivity contribution >= 4 is 0 Å². The average Bonchev–Trinajstić information content (AvgIpc) is 1.90. The second-order valence-electron chi connectivity index (χ2n) is 1.95. The van der Waals surface area contributed by atoms with Crippen molar-refractivity contribution in [3.63, 3.8) is 0 Å². The monoisotopic (exact) mass is 131 g/mol. The van der Waals surface area contributed by atoms with Crippen LogP contribution in [-0.4, -0.2) is 24.3 Å². The summed E-state index contributed by atoms with van der Waals surface area (Å²) >= 11 is 0. The molecule has 0 unspecified atom stereocenters. The number of nitro groups is 1. The molecule has 1 fully saturated rings. The molecule has 0 aromatic rings. The summed E-state index contributed by atoms with van der Waals surface area (Å²) in [7, 11) is 0. The van der Waals surface area contributed by atoms with Gasteiger partial charge in [-0.15, -0.1) is 0 Å². The molecule has 0 atom stereocenters. The van der Waals surface area contributed by atoms with E-state index in [-0.39, 0.29) is 4.92 Å². The fraction of sp³-hybridized carbons (Fsp3) is 1.00. The zero-order valence-electron chi connectivity index (χ0n) is 4.96. The Kier molecular flexibility index (Phi) is 1.96. The molecule has 0 aromatic heterocycles. The summed E-state index contributed by atoms with van der Waals surface area (Å²) in [4.78, 5) is 9.67. The molecule has 0 bridgehead atoms. The van der Waals surface area contributed by atoms with Crippen molar-refractivity contribution in [2.45, 2.75) is 12.7 Å². The van der Waals surface area contributed by atoms with Crippen LogP contribution in [0.4, 0.5) is 0 Å². The van der Waals surface area contributed by atoms with Gasteiger partial charge in [-0.1, -0.05) is 0 Å². The van der Waals surface area contributed by atoms with Gasteiger partial charge < -0.3 is 0 Å². The van der Waals surface area contributed by atoms with Gasteiger partial charge in [0.1, 0.15) is 0 Å². The Morgan fingerprint density at radius 3 is 2.33 bits per heavy atom.